The van der Waals surface area contributed by atoms with Crippen LogP contribution < -0.4 is 5.32 Å². The lowest BCUT2D eigenvalue weighted by Gasteiger charge is -2.24. The second kappa shape index (κ2) is 6.95. The van der Waals surface area contributed by atoms with Crippen LogP contribution in [0.4, 0.5) is 0 Å². The lowest BCUT2D eigenvalue weighted by atomic mass is 9.98. The van der Waals surface area contributed by atoms with E-state index in [1.807, 2.05) is 18.3 Å². The molecule has 0 spiro atoms. The number of aromatic nitrogens is 2. The zero-order valence-corrected chi connectivity index (χ0v) is 15.2. The zero-order chi connectivity index (χ0) is 15.6. The molecule has 0 aliphatic heterocycles. The Hall–Kier alpha value is -0.840. The molecule has 1 aromatic carbocycles. The minimum absolute atomic E-state index is 0.0894. The third kappa shape index (κ3) is 3.50. The number of nitrogens with one attached hydrogen (secondary N) is 1. The minimum Gasteiger partial charge on any atom is -0.305 e. The monoisotopic (exact) mass is 369 g/mol. The van der Waals surface area contributed by atoms with Crippen LogP contribution in [0.1, 0.15) is 49.7 Å². The summed E-state index contributed by atoms with van der Waals surface area (Å²) in [4.78, 5) is 0. The normalized spacial score (nSPS) is 12.9. The van der Waals surface area contributed by atoms with Gasteiger partial charge in [0, 0.05) is 11.1 Å². The maximum Gasteiger partial charge on any atom is 0.0762 e. The van der Waals surface area contributed by atoms with E-state index in [2.05, 4.69) is 64.8 Å². The fourth-order valence-corrected chi connectivity index (χ4v) is 3.28. The van der Waals surface area contributed by atoms with Crippen molar-refractivity contribution in [1.29, 1.82) is 0 Å². The second-order valence-corrected chi connectivity index (χ2v) is 6.70. The third-order valence-corrected chi connectivity index (χ3v) is 4.35. The summed E-state index contributed by atoms with van der Waals surface area (Å²) in [5.74, 6) is 0. The molecule has 0 aliphatic rings. The average molecular weight is 371 g/mol. The summed E-state index contributed by atoms with van der Waals surface area (Å²) in [5, 5.41) is 8.83. The molecule has 0 fully saturated rings. The molecule has 1 atom stereocenters. The number of hydrogen-bond donors (Lipinski definition) is 1. The molecule has 3 nitrogen and oxygen atoms in total. The van der Waals surface area contributed by atoms with Crippen LogP contribution in [0.15, 0.2) is 28.9 Å². The largest absolute Gasteiger partial charge is 0.305 e. The number of rotatable bonds is 5. The van der Waals surface area contributed by atoms with Gasteiger partial charge >= 0.3 is 0 Å². The van der Waals surface area contributed by atoms with Gasteiger partial charge in [0.05, 0.1) is 22.4 Å². The highest BCUT2D eigenvalue weighted by Gasteiger charge is 2.23. The second-order valence-electron chi connectivity index (χ2n) is 5.41. The maximum atomic E-state index is 6.09. The molecule has 0 aliphatic carbocycles. The number of aryl methyl sites for hydroxylation is 1. The van der Waals surface area contributed by atoms with E-state index in [0.29, 0.717) is 6.04 Å². The summed E-state index contributed by atoms with van der Waals surface area (Å²) < 4.78 is 3.09. The maximum absolute atomic E-state index is 6.09. The van der Waals surface area contributed by atoms with Crippen molar-refractivity contribution in [3.8, 4) is 0 Å². The number of benzene rings is 1. The summed E-state index contributed by atoms with van der Waals surface area (Å²) in [7, 11) is 0. The molecule has 21 heavy (non-hydrogen) atoms. The average Bonchev–Trinajstić information content (AvgIpc) is 2.79. The molecule has 0 amide bonds. The molecular weight excluding hydrogens is 350 g/mol. The van der Waals surface area contributed by atoms with E-state index in [0.717, 1.165) is 21.7 Å². The topological polar surface area (TPSA) is 29.9 Å². The summed E-state index contributed by atoms with van der Waals surface area (Å²) in [6, 6.07) is 6.44. The highest BCUT2D eigenvalue weighted by atomic mass is 79.9. The molecule has 5 heteroatoms. The molecule has 1 aromatic heterocycles. The Morgan fingerprint density at radius 2 is 2.10 bits per heavy atom. The third-order valence-electron chi connectivity index (χ3n) is 3.50. The van der Waals surface area contributed by atoms with Gasteiger partial charge in [0.25, 0.3) is 0 Å². The Balaban J connectivity index is 2.56. The van der Waals surface area contributed by atoms with Crippen molar-refractivity contribution in [2.45, 2.75) is 39.8 Å². The first kappa shape index (κ1) is 16.5. The predicted octanol–water partition coefficient (Wildman–Crippen LogP) is 4.89. The van der Waals surface area contributed by atoms with Crippen molar-refractivity contribution in [3.63, 3.8) is 0 Å². The van der Waals surface area contributed by atoms with Gasteiger partial charge in [-0.25, -0.2) is 0 Å². The van der Waals surface area contributed by atoms with Crippen LogP contribution in [0.5, 0.6) is 0 Å². The molecule has 0 saturated carbocycles. The van der Waals surface area contributed by atoms with Crippen LogP contribution in [-0.4, -0.2) is 16.3 Å². The SMILES string of the molecule is CCNC(c1ccc(Cl)cc1C)c1c(Br)cnn1C(C)C. The van der Waals surface area contributed by atoms with Gasteiger partial charge in [-0.05, 0) is 66.5 Å². The van der Waals surface area contributed by atoms with Gasteiger partial charge in [0.15, 0.2) is 0 Å². The van der Waals surface area contributed by atoms with E-state index in [1.165, 1.54) is 11.1 Å². The van der Waals surface area contributed by atoms with Crippen LogP contribution >= 0.6 is 27.5 Å². The summed E-state index contributed by atoms with van der Waals surface area (Å²) in [6.07, 6.45) is 1.87. The zero-order valence-electron chi connectivity index (χ0n) is 12.8. The van der Waals surface area contributed by atoms with Crippen molar-refractivity contribution >= 4 is 27.5 Å². The first-order valence-corrected chi connectivity index (χ1v) is 8.35. The molecule has 114 valence electrons. The van der Waals surface area contributed by atoms with Crippen molar-refractivity contribution in [2.75, 3.05) is 6.54 Å². The molecule has 2 rings (SSSR count). The molecule has 0 bridgehead atoms. The molecule has 1 unspecified atom stereocenters. The summed E-state index contributed by atoms with van der Waals surface area (Å²) in [5.41, 5.74) is 3.55. The molecule has 0 saturated heterocycles. The first-order valence-electron chi connectivity index (χ1n) is 7.18. The molecule has 1 heterocycles. The fraction of sp³-hybridized carbons (Fsp3) is 0.438. The highest BCUT2D eigenvalue weighted by molar-refractivity contribution is 9.10. The van der Waals surface area contributed by atoms with Gasteiger partial charge < -0.3 is 5.32 Å². The fourth-order valence-electron chi connectivity index (χ4n) is 2.55. The van der Waals surface area contributed by atoms with Crippen LogP contribution in [-0.2, 0) is 0 Å². The van der Waals surface area contributed by atoms with Gasteiger partial charge in [0.1, 0.15) is 0 Å². The molecular formula is C16H21BrClN3. The van der Waals surface area contributed by atoms with Gasteiger partial charge in [0.2, 0.25) is 0 Å². The summed E-state index contributed by atoms with van der Waals surface area (Å²) >= 11 is 9.73. The van der Waals surface area contributed by atoms with E-state index in [1.54, 1.807) is 0 Å². The molecule has 2 aromatic rings. The van der Waals surface area contributed by atoms with Crippen molar-refractivity contribution in [3.05, 3.63) is 50.7 Å². The van der Waals surface area contributed by atoms with Gasteiger partial charge in [-0.1, -0.05) is 24.6 Å². The van der Waals surface area contributed by atoms with Crippen LogP contribution in [0.3, 0.4) is 0 Å². The van der Waals surface area contributed by atoms with E-state index in [9.17, 15) is 0 Å². The molecule has 1 N–H and O–H groups in total. The van der Waals surface area contributed by atoms with Crippen molar-refractivity contribution < 1.29 is 0 Å². The van der Waals surface area contributed by atoms with E-state index >= 15 is 0 Å². The van der Waals surface area contributed by atoms with Crippen molar-refractivity contribution in [1.82, 2.24) is 15.1 Å². The minimum atomic E-state index is 0.0894. The van der Waals surface area contributed by atoms with Crippen LogP contribution in [0.25, 0.3) is 0 Å². The van der Waals surface area contributed by atoms with Crippen LogP contribution in [0, 0.1) is 6.92 Å². The quantitative estimate of drug-likeness (QED) is 0.812. The number of halogens is 2. The predicted molar refractivity (Wildman–Crippen MR) is 92.0 cm³/mol. The Morgan fingerprint density at radius 1 is 1.38 bits per heavy atom. The lowest BCUT2D eigenvalue weighted by Crippen LogP contribution is -2.26. The Morgan fingerprint density at radius 3 is 2.67 bits per heavy atom. The Kier molecular flexibility index (Phi) is 5.47. The Bertz CT molecular complexity index is 622. The van der Waals surface area contributed by atoms with Crippen LogP contribution in [0.2, 0.25) is 5.02 Å². The van der Waals surface area contributed by atoms with Crippen molar-refractivity contribution in [2.24, 2.45) is 0 Å². The van der Waals surface area contributed by atoms with Gasteiger partial charge in [-0.2, -0.15) is 5.10 Å². The first-order chi connectivity index (χ1) is 9.95. The van der Waals surface area contributed by atoms with Gasteiger partial charge in [-0.15, -0.1) is 0 Å². The number of hydrogen-bond acceptors (Lipinski definition) is 2. The lowest BCUT2D eigenvalue weighted by molar-refractivity contribution is 0.474. The number of nitrogens with zero attached hydrogens (tertiary/aromatic N) is 2. The molecule has 0 radical (unpaired) electrons. The Labute approximate surface area is 139 Å². The van der Waals surface area contributed by atoms with E-state index in [4.69, 9.17) is 11.6 Å². The standard InChI is InChI=1S/C16H21BrClN3/c1-5-19-15(13-7-6-12(18)8-11(13)4)16-14(17)9-20-21(16)10(2)3/h6-10,15,19H,5H2,1-4H3. The highest BCUT2D eigenvalue weighted by Crippen LogP contribution is 2.32. The van der Waals surface area contributed by atoms with Gasteiger partial charge in [-0.3, -0.25) is 4.68 Å². The summed E-state index contributed by atoms with van der Waals surface area (Å²) in [6.45, 7) is 9.36. The smallest absolute Gasteiger partial charge is 0.0762 e. The van der Waals surface area contributed by atoms with E-state index in [-0.39, 0.29) is 6.04 Å². The van der Waals surface area contributed by atoms with E-state index < -0.39 is 0 Å².